The molecular formula is C15H25FIN3S. The summed E-state index contributed by atoms with van der Waals surface area (Å²) in [6, 6.07) is 5.13. The lowest BCUT2D eigenvalue weighted by atomic mass is 10.1. The molecule has 1 aromatic rings. The summed E-state index contributed by atoms with van der Waals surface area (Å²) >= 11 is 1.81. The molecule has 0 heterocycles. The van der Waals surface area contributed by atoms with E-state index in [-0.39, 0.29) is 34.5 Å². The number of benzene rings is 1. The first-order valence-electron chi connectivity index (χ1n) is 6.62. The Bertz CT molecular complexity index is 478. The van der Waals surface area contributed by atoms with E-state index in [1.165, 1.54) is 6.07 Å². The van der Waals surface area contributed by atoms with Crippen molar-refractivity contribution >= 4 is 41.7 Å². The molecule has 0 saturated heterocycles. The quantitative estimate of drug-likeness (QED) is 0.431. The average molecular weight is 425 g/mol. The van der Waals surface area contributed by atoms with E-state index in [1.807, 2.05) is 17.8 Å². The summed E-state index contributed by atoms with van der Waals surface area (Å²) in [6.07, 6.45) is 2.10. The zero-order valence-electron chi connectivity index (χ0n) is 13.3. The van der Waals surface area contributed by atoms with E-state index in [2.05, 4.69) is 35.7 Å². The lowest BCUT2D eigenvalue weighted by Gasteiger charge is -2.23. The molecular weight excluding hydrogens is 400 g/mol. The van der Waals surface area contributed by atoms with Crippen LogP contribution in [0.4, 0.5) is 4.39 Å². The highest BCUT2D eigenvalue weighted by Crippen LogP contribution is 2.19. The number of hydrogen-bond donors (Lipinski definition) is 2. The standard InChI is InChI=1S/C15H24FN3S.HI/c1-11-8-12(6-7-13(11)16)9-18-14(17-4)19-10-15(2,3)20-5;/h6-8H,9-10H2,1-5H3,(H2,17,18,19);1H. The van der Waals surface area contributed by atoms with Crippen molar-refractivity contribution in [3.05, 3.63) is 35.1 Å². The summed E-state index contributed by atoms with van der Waals surface area (Å²) in [5.41, 5.74) is 1.70. The van der Waals surface area contributed by atoms with Crippen LogP contribution in [0, 0.1) is 12.7 Å². The van der Waals surface area contributed by atoms with Crippen LogP contribution < -0.4 is 10.6 Å². The largest absolute Gasteiger partial charge is 0.355 e. The lowest BCUT2D eigenvalue weighted by molar-refractivity contribution is 0.617. The second kappa shape index (κ2) is 9.50. The molecule has 6 heteroatoms. The number of aryl methyl sites for hydroxylation is 1. The predicted octanol–water partition coefficient (Wildman–Crippen LogP) is 3.56. The molecule has 0 bridgehead atoms. The van der Waals surface area contributed by atoms with Crippen molar-refractivity contribution in [1.82, 2.24) is 10.6 Å². The van der Waals surface area contributed by atoms with Crippen LogP contribution >= 0.6 is 35.7 Å². The van der Waals surface area contributed by atoms with Crippen LogP contribution in [-0.2, 0) is 6.54 Å². The van der Waals surface area contributed by atoms with Gasteiger partial charge >= 0.3 is 0 Å². The number of aliphatic imine (C=N–C) groups is 1. The summed E-state index contributed by atoms with van der Waals surface area (Å²) < 4.78 is 13.4. The third-order valence-electron chi connectivity index (χ3n) is 3.14. The van der Waals surface area contributed by atoms with Crippen LogP contribution in [0.5, 0.6) is 0 Å². The van der Waals surface area contributed by atoms with Gasteiger partial charge in [-0.2, -0.15) is 11.8 Å². The molecule has 0 saturated carbocycles. The zero-order chi connectivity index (χ0) is 15.2. The Morgan fingerprint density at radius 3 is 2.52 bits per heavy atom. The van der Waals surface area contributed by atoms with Gasteiger partial charge in [-0.15, -0.1) is 24.0 Å². The molecule has 2 N–H and O–H groups in total. The number of rotatable bonds is 5. The maximum absolute atomic E-state index is 13.2. The van der Waals surface area contributed by atoms with Gasteiger partial charge in [-0.3, -0.25) is 4.99 Å². The lowest BCUT2D eigenvalue weighted by Crippen LogP contribution is -2.43. The molecule has 0 fully saturated rings. The highest BCUT2D eigenvalue weighted by atomic mass is 127. The van der Waals surface area contributed by atoms with Gasteiger partial charge in [0.05, 0.1) is 0 Å². The summed E-state index contributed by atoms with van der Waals surface area (Å²) in [5, 5.41) is 6.54. The van der Waals surface area contributed by atoms with Gasteiger partial charge in [0.25, 0.3) is 0 Å². The molecule has 1 aromatic carbocycles. The second-order valence-corrected chi connectivity index (χ2v) is 6.84. The van der Waals surface area contributed by atoms with E-state index in [9.17, 15) is 4.39 Å². The van der Waals surface area contributed by atoms with Crippen LogP contribution in [0.2, 0.25) is 0 Å². The molecule has 0 unspecified atom stereocenters. The summed E-state index contributed by atoms with van der Waals surface area (Å²) in [6.45, 7) is 7.59. The van der Waals surface area contributed by atoms with Gasteiger partial charge in [-0.05, 0) is 44.2 Å². The smallest absolute Gasteiger partial charge is 0.191 e. The van der Waals surface area contributed by atoms with E-state index in [0.29, 0.717) is 12.1 Å². The average Bonchev–Trinajstić information content (AvgIpc) is 2.42. The molecule has 0 aromatic heterocycles. The van der Waals surface area contributed by atoms with Gasteiger partial charge in [-0.1, -0.05) is 12.1 Å². The van der Waals surface area contributed by atoms with Crippen molar-refractivity contribution < 1.29 is 4.39 Å². The normalized spacial score (nSPS) is 11.8. The van der Waals surface area contributed by atoms with E-state index in [0.717, 1.165) is 18.1 Å². The van der Waals surface area contributed by atoms with Gasteiger partial charge in [0, 0.05) is 24.9 Å². The monoisotopic (exact) mass is 425 g/mol. The Morgan fingerprint density at radius 1 is 1.33 bits per heavy atom. The first kappa shape index (κ1) is 20.5. The molecule has 0 aliphatic heterocycles. The SMILES string of the molecule is CN=C(NCc1ccc(F)c(C)c1)NCC(C)(C)SC.I. The fourth-order valence-corrected chi connectivity index (χ4v) is 1.81. The van der Waals surface area contributed by atoms with Gasteiger partial charge < -0.3 is 10.6 Å². The maximum Gasteiger partial charge on any atom is 0.191 e. The predicted molar refractivity (Wildman–Crippen MR) is 102 cm³/mol. The molecule has 0 amide bonds. The van der Waals surface area contributed by atoms with Gasteiger partial charge in [0.2, 0.25) is 0 Å². The van der Waals surface area contributed by atoms with Gasteiger partial charge in [0.1, 0.15) is 5.82 Å². The van der Waals surface area contributed by atoms with E-state index in [1.54, 1.807) is 20.0 Å². The van der Waals surface area contributed by atoms with Crippen molar-refractivity contribution in [1.29, 1.82) is 0 Å². The highest BCUT2D eigenvalue weighted by Gasteiger charge is 2.15. The van der Waals surface area contributed by atoms with Crippen molar-refractivity contribution in [2.75, 3.05) is 19.8 Å². The Labute approximate surface area is 148 Å². The van der Waals surface area contributed by atoms with Crippen molar-refractivity contribution in [2.45, 2.75) is 32.1 Å². The van der Waals surface area contributed by atoms with Gasteiger partial charge in [0.15, 0.2) is 5.96 Å². The molecule has 0 aliphatic rings. The van der Waals surface area contributed by atoms with Crippen molar-refractivity contribution in [2.24, 2.45) is 4.99 Å². The fraction of sp³-hybridized carbons (Fsp3) is 0.533. The molecule has 1 rings (SSSR count). The van der Waals surface area contributed by atoms with Crippen molar-refractivity contribution in [3.8, 4) is 0 Å². The number of nitrogens with zero attached hydrogens (tertiary/aromatic N) is 1. The first-order valence-corrected chi connectivity index (χ1v) is 7.85. The van der Waals surface area contributed by atoms with E-state index < -0.39 is 0 Å². The third kappa shape index (κ3) is 7.35. The number of thioether (sulfide) groups is 1. The summed E-state index contributed by atoms with van der Waals surface area (Å²) in [4.78, 5) is 4.19. The Balaban J connectivity index is 0.00000400. The summed E-state index contributed by atoms with van der Waals surface area (Å²) in [5.74, 6) is 0.590. The molecule has 0 aliphatic carbocycles. The number of nitrogens with one attached hydrogen (secondary N) is 2. The fourth-order valence-electron chi connectivity index (χ4n) is 1.59. The molecule has 0 atom stereocenters. The maximum atomic E-state index is 13.2. The Hall–Kier alpha value is -0.500. The van der Waals surface area contributed by atoms with Crippen LogP contribution in [0.25, 0.3) is 0 Å². The first-order chi connectivity index (χ1) is 9.38. The minimum absolute atomic E-state index is 0. The third-order valence-corrected chi connectivity index (χ3v) is 4.39. The van der Waals surface area contributed by atoms with Crippen molar-refractivity contribution in [3.63, 3.8) is 0 Å². The molecule has 3 nitrogen and oxygen atoms in total. The Kier molecular flexibility index (Phi) is 9.28. The minimum Gasteiger partial charge on any atom is -0.355 e. The molecule has 21 heavy (non-hydrogen) atoms. The number of halogens is 2. The van der Waals surface area contributed by atoms with Crippen LogP contribution in [0.1, 0.15) is 25.0 Å². The second-order valence-electron chi connectivity index (χ2n) is 5.33. The number of hydrogen-bond acceptors (Lipinski definition) is 2. The summed E-state index contributed by atoms with van der Waals surface area (Å²) in [7, 11) is 1.75. The van der Waals surface area contributed by atoms with Crippen LogP contribution in [-0.4, -0.2) is 30.6 Å². The van der Waals surface area contributed by atoms with E-state index >= 15 is 0 Å². The van der Waals surface area contributed by atoms with Gasteiger partial charge in [-0.25, -0.2) is 4.39 Å². The Morgan fingerprint density at radius 2 is 2.00 bits per heavy atom. The molecule has 0 spiro atoms. The highest BCUT2D eigenvalue weighted by molar-refractivity contribution is 14.0. The molecule has 0 radical (unpaired) electrons. The number of guanidine groups is 1. The van der Waals surface area contributed by atoms with Crippen LogP contribution in [0.3, 0.4) is 0 Å². The van der Waals surface area contributed by atoms with Crippen LogP contribution in [0.15, 0.2) is 23.2 Å². The van der Waals surface area contributed by atoms with E-state index in [4.69, 9.17) is 0 Å². The molecule has 120 valence electrons. The zero-order valence-corrected chi connectivity index (χ0v) is 16.4. The topological polar surface area (TPSA) is 36.4 Å². The minimum atomic E-state index is -0.169.